The molecule has 1 fully saturated rings. The summed E-state index contributed by atoms with van der Waals surface area (Å²) in [5.41, 5.74) is 1.94. The van der Waals surface area contributed by atoms with Gasteiger partial charge < -0.3 is 19.1 Å². The molecule has 0 N–H and O–H groups in total. The van der Waals surface area contributed by atoms with Crippen LogP contribution in [-0.4, -0.2) is 64.6 Å². The summed E-state index contributed by atoms with van der Waals surface area (Å²) < 4.78 is 20.4. The van der Waals surface area contributed by atoms with E-state index in [0.29, 0.717) is 25.4 Å². The molecule has 7 nitrogen and oxygen atoms in total. The molecule has 9 heteroatoms. The predicted molar refractivity (Wildman–Crippen MR) is 124 cm³/mol. The number of aromatic nitrogens is 3. The fourth-order valence-corrected chi connectivity index (χ4v) is 4.62. The van der Waals surface area contributed by atoms with Crippen molar-refractivity contribution in [1.82, 2.24) is 19.7 Å². The van der Waals surface area contributed by atoms with Crippen molar-refractivity contribution in [3.05, 3.63) is 54.3 Å². The Kier molecular flexibility index (Phi) is 6.94. The van der Waals surface area contributed by atoms with Crippen LogP contribution in [0.4, 0.5) is 10.1 Å². The van der Waals surface area contributed by atoms with E-state index in [-0.39, 0.29) is 11.7 Å². The first-order valence-corrected chi connectivity index (χ1v) is 11.6. The van der Waals surface area contributed by atoms with Crippen LogP contribution in [0.15, 0.2) is 53.7 Å². The number of nitrogens with zero attached hydrogens (tertiary/aromatic N) is 5. The van der Waals surface area contributed by atoms with Gasteiger partial charge in [0.15, 0.2) is 11.0 Å². The van der Waals surface area contributed by atoms with Crippen LogP contribution >= 0.6 is 11.8 Å². The van der Waals surface area contributed by atoms with Crippen molar-refractivity contribution in [2.45, 2.75) is 18.6 Å². The summed E-state index contributed by atoms with van der Waals surface area (Å²) in [5.74, 6) is 1.73. The van der Waals surface area contributed by atoms with E-state index >= 15 is 0 Å². The second-order valence-electron chi connectivity index (χ2n) is 7.41. The molecule has 0 spiro atoms. The highest BCUT2D eigenvalue weighted by atomic mass is 32.2. The van der Waals surface area contributed by atoms with Crippen molar-refractivity contribution < 1.29 is 13.9 Å². The third-order valence-corrected chi connectivity index (χ3v) is 6.48. The lowest BCUT2D eigenvalue weighted by Crippen LogP contribution is -2.49. The van der Waals surface area contributed by atoms with Crippen LogP contribution in [0.25, 0.3) is 11.4 Å². The minimum atomic E-state index is -0.241. The van der Waals surface area contributed by atoms with Crippen molar-refractivity contribution in [3.8, 4) is 17.1 Å². The van der Waals surface area contributed by atoms with Crippen molar-refractivity contribution in [2.75, 3.05) is 43.9 Å². The zero-order valence-electron chi connectivity index (χ0n) is 18.2. The van der Waals surface area contributed by atoms with E-state index in [0.717, 1.165) is 41.1 Å². The smallest absolute Gasteiger partial charge is 0.233 e. The first-order valence-electron chi connectivity index (χ1n) is 10.6. The SMILES string of the molecule is CCn1c(SCC(=O)N2CCN(c3ccc(F)cc3)CC2)nnc1-c1ccc(OC)cc1. The second kappa shape index (κ2) is 10.0. The normalized spacial score (nSPS) is 14.0. The maximum Gasteiger partial charge on any atom is 0.233 e. The van der Waals surface area contributed by atoms with Crippen LogP contribution in [0.3, 0.4) is 0 Å². The summed E-state index contributed by atoms with van der Waals surface area (Å²) in [5, 5.41) is 9.40. The van der Waals surface area contributed by atoms with Crippen LogP contribution in [0, 0.1) is 5.82 Å². The number of amides is 1. The molecule has 4 rings (SSSR count). The Morgan fingerprint density at radius 3 is 2.34 bits per heavy atom. The molecule has 0 unspecified atom stereocenters. The van der Waals surface area contributed by atoms with Gasteiger partial charge in [0.25, 0.3) is 0 Å². The zero-order valence-corrected chi connectivity index (χ0v) is 19.0. The minimum Gasteiger partial charge on any atom is -0.497 e. The molecule has 32 heavy (non-hydrogen) atoms. The molecule has 2 aromatic carbocycles. The summed E-state index contributed by atoms with van der Waals surface area (Å²) in [4.78, 5) is 16.8. The van der Waals surface area contributed by atoms with E-state index in [1.54, 1.807) is 19.2 Å². The molecule has 0 bridgehead atoms. The van der Waals surface area contributed by atoms with Crippen molar-refractivity contribution in [3.63, 3.8) is 0 Å². The van der Waals surface area contributed by atoms with E-state index in [9.17, 15) is 9.18 Å². The molecule has 168 valence electrons. The van der Waals surface area contributed by atoms with Gasteiger partial charge in [0.05, 0.1) is 12.9 Å². The summed E-state index contributed by atoms with van der Waals surface area (Å²) in [7, 11) is 1.64. The van der Waals surface area contributed by atoms with Gasteiger partial charge in [0, 0.05) is 44.0 Å². The number of carbonyl (C=O) groups is 1. The number of piperazine rings is 1. The molecule has 1 aliphatic heterocycles. The third kappa shape index (κ3) is 4.88. The van der Waals surface area contributed by atoms with Crippen LogP contribution in [0.1, 0.15) is 6.92 Å². The van der Waals surface area contributed by atoms with E-state index in [1.165, 1.54) is 23.9 Å². The molecule has 0 atom stereocenters. The number of methoxy groups -OCH3 is 1. The average Bonchev–Trinajstić information content (AvgIpc) is 3.26. The molecule has 2 heterocycles. The number of halogens is 1. The van der Waals surface area contributed by atoms with Gasteiger partial charge in [-0.2, -0.15) is 0 Å². The Morgan fingerprint density at radius 2 is 1.72 bits per heavy atom. The van der Waals surface area contributed by atoms with Crippen LogP contribution in [0.2, 0.25) is 0 Å². The fourth-order valence-electron chi connectivity index (χ4n) is 3.72. The van der Waals surface area contributed by atoms with Gasteiger partial charge in [-0.3, -0.25) is 4.79 Å². The summed E-state index contributed by atoms with van der Waals surface area (Å²) in [6.45, 7) is 5.50. The lowest BCUT2D eigenvalue weighted by Gasteiger charge is -2.36. The van der Waals surface area contributed by atoms with E-state index in [2.05, 4.69) is 15.1 Å². The summed E-state index contributed by atoms with van der Waals surface area (Å²) >= 11 is 1.41. The predicted octanol–water partition coefficient (Wildman–Crippen LogP) is 3.55. The second-order valence-corrected chi connectivity index (χ2v) is 8.35. The van der Waals surface area contributed by atoms with Gasteiger partial charge in [0.2, 0.25) is 5.91 Å². The Balaban J connectivity index is 1.34. The number of thioether (sulfide) groups is 1. The van der Waals surface area contributed by atoms with Crippen molar-refractivity contribution in [2.24, 2.45) is 0 Å². The van der Waals surface area contributed by atoms with Crippen LogP contribution in [0.5, 0.6) is 5.75 Å². The molecular weight excluding hydrogens is 429 g/mol. The van der Waals surface area contributed by atoms with Crippen LogP contribution in [-0.2, 0) is 11.3 Å². The average molecular weight is 456 g/mol. The van der Waals surface area contributed by atoms with E-state index in [1.807, 2.05) is 40.7 Å². The lowest BCUT2D eigenvalue weighted by atomic mass is 10.2. The maximum absolute atomic E-state index is 13.1. The highest BCUT2D eigenvalue weighted by Gasteiger charge is 2.22. The first kappa shape index (κ1) is 22.1. The molecule has 1 amide bonds. The molecule has 1 aromatic heterocycles. The largest absolute Gasteiger partial charge is 0.497 e. The van der Waals surface area contributed by atoms with Gasteiger partial charge in [-0.05, 0) is 55.5 Å². The Labute approximate surface area is 191 Å². The van der Waals surface area contributed by atoms with Crippen molar-refractivity contribution in [1.29, 1.82) is 0 Å². The monoisotopic (exact) mass is 455 g/mol. The molecular formula is C23H26FN5O2S. The maximum atomic E-state index is 13.1. The molecule has 0 saturated carbocycles. The fraction of sp³-hybridized carbons (Fsp3) is 0.348. The summed E-state index contributed by atoms with van der Waals surface area (Å²) in [6, 6.07) is 14.2. The molecule has 0 aliphatic carbocycles. The Bertz CT molecular complexity index is 1050. The number of hydrogen-bond donors (Lipinski definition) is 0. The Hall–Kier alpha value is -3.07. The number of anilines is 1. The number of carbonyl (C=O) groups excluding carboxylic acids is 1. The highest BCUT2D eigenvalue weighted by molar-refractivity contribution is 7.99. The number of rotatable bonds is 7. The van der Waals surface area contributed by atoms with Crippen molar-refractivity contribution >= 4 is 23.4 Å². The quantitative estimate of drug-likeness (QED) is 0.508. The molecule has 3 aromatic rings. The zero-order chi connectivity index (χ0) is 22.5. The number of ether oxygens (including phenoxy) is 1. The summed E-state index contributed by atoms with van der Waals surface area (Å²) in [6.07, 6.45) is 0. The van der Waals surface area contributed by atoms with Gasteiger partial charge in [-0.25, -0.2) is 4.39 Å². The van der Waals surface area contributed by atoms with Gasteiger partial charge in [0.1, 0.15) is 11.6 Å². The van der Waals surface area contributed by atoms with Gasteiger partial charge >= 0.3 is 0 Å². The number of hydrogen-bond acceptors (Lipinski definition) is 6. The molecule has 1 saturated heterocycles. The third-order valence-electron chi connectivity index (χ3n) is 5.53. The van der Waals surface area contributed by atoms with Gasteiger partial charge in [-0.15, -0.1) is 10.2 Å². The highest BCUT2D eigenvalue weighted by Crippen LogP contribution is 2.26. The number of benzene rings is 2. The first-order chi connectivity index (χ1) is 15.6. The minimum absolute atomic E-state index is 0.0883. The lowest BCUT2D eigenvalue weighted by molar-refractivity contribution is -0.128. The topological polar surface area (TPSA) is 63.5 Å². The van der Waals surface area contributed by atoms with Crippen LogP contribution < -0.4 is 9.64 Å². The Morgan fingerprint density at radius 1 is 1.03 bits per heavy atom. The molecule has 0 radical (unpaired) electrons. The molecule has 1 aliphatic rings. The van der Waals surface area contributed by atoms with Gasteiger partial charge in [-0.1, -0.05) is 11.8 Å². The van der Waals surface area contributed by atoms with E-state index < -0.39 is 0 Å². The van der Waals surface area contributed by atoms with E-state index in [4.69, 9.17) is 4.74 Å². The standard InChI is InChI=1S/C23H26FN5O2S/c1-3-29-22(17-4-10-20(31-2)11-5-17)25-26-23(29)32-16-21(30)28-14-12-27(13-15-28)19-8-6-18(24)7-9-19/h4-11H,3,12-16H2,1-2H3.